The number of hydrazine groups is 1. The fourth-order valence-electron chi connectivity index (χ4n) is 0.880. The zero-order valence-corrected chi connectivity index (χ0v) is 8.54. The molecule has 15 heavy (non-hydrogen) atoms. The van der Waals surface area contributed by atoms with E-state index in [2.05, 4.69) is 10.2 Å². The minimum Gasteiger partial charge on any atom is -0.406 e. The number of nitrogens with two attached hydrogens (primary N) is 1. The largest absolute Gasteiger partial charge is 0.573 e. The maximum Gasteiger partial charge on any atom is 0.573 e. The smallest absolute Gasteiger partial charge is 0.406 e. The molecule has 84 valence electrons. The van der Waals surface area contributed by atoms with Crippen LogP contribution in [0.3, 0.4) is 0 Å². The fraction of sp³-hybridized carbons (Fsp3) is 0.143. The molecule has 1 aromatic rings. The summed E-state index contributed by atoms with van der Waals surface area (Å²) in [5.74, 6) is 4.54. The first-order valence-corrected chi connectivity index (χ1v) is 4.30. The third-order valence-electron chi connectivity index (χ3n) is 1.39. The van der Waals surface area contributed by atoms with Gasteiger partial charge >= 0.3 is 6.36 Å². The molecule has 3 nitrogen and oxygen atoms in total. The van der Waals surface area contributed by atoms with E-state index in [-0.39, 0.29) is 15.7 Å². The third-order valence-corrected chi connectivity index (χ3v) is 1.99. The van der Waals surface area contributed by atoms with Crippen LogP contribution in [-0.2, 0) is 0 Å². The zero-order chi connectivity index (χ0) is 11.6. The van der Waals surface area contributed by atoms with E-state index in [1.54, 1.807) is 0 Å². The molecule has 0 aliphatic carbocycles. The first-order chi connectivity index (χ1) is 6.83. The number of benzene rings is 1. The van der Waals surface area contributed by atoms with Crippen LogP contribution in [0.5, 0.6) is 5.75 Å². The molecule has 0 saturated carbocycles. The predicted octanol–water partition coefficient (Wildman–Crippen LogP) is 3.18. The molecule has 0 atom stereocenters. The molecule has 0 amide bonds. The van der Waals surface area contributed by atoms with Gasteiger partial charge in [-0.3, -0.25) is 5.84 Å². The second-order valence-corrected chi connectivity index (χ2v) is 3.27. The highest BCUT2D eigenvalue weighted by atomic mass is 35.5. The average molecular weight is 261 g/mol. The number of hydrogen-bond donors (Lipinski definition) is 2. The topological polar surface area (TPSA) is 47.3 Å². The van der Waals surface area contributed by atoms with Crippen molar-refractivity contribution in [1.82, 2.24) is 0 Å². The minimum atomic E-state index is -4.79. The Morgan fingerprint density at radius 2 is 1.67 bits per heavy atom. The van der Waals surface area contributed by atoms with Gasteiger partial charge < -0.3 is 10.2 Å². The van der Waals surface area contributed by atoms with Crippen molar-refractivity contribution in [1.29, 1.82) is 0 Å². The van der Waals surface area contributed by atoms with Gasteiger partial charge in [-0.15, -0.1) is 13.2 Å². The van der Waals surface area contributed by atoms with Crippen LogP contribution in [-0.4, -0.2) is 6.36 Å². The summed E-state index contributed by atoms with van der Waals surface area (Å²) in [5, 5.41) is -0.131. The van der Waals surface area contributed by atoms with Gasteiger partial charge in [0.15, 0.2) is 0 Å². The number of alkyl halides is 3. The molecule has 0 aliphatic rings. The minimum absolute atomic E-state index is 0.0655. The normalized spacial score (nSPS) is 11.3. The first kappa shape index (κ1) is 12.2. The van der Waals surface area contributed by atoms with Crippen LogP contribution in [0.1, 0.15) is 0 Å². The van der Waals surface area contributed by atoms with Crippen LogP contribution in [0.2, 0.25) is 10.0 Å². The number of halogens is 5. The molecule has 0 unspecified atom stereocenters. The van der Waals surface area contributed by atoms with Gasteiger partial charge in [0.05, 0.1) is 15.7 Å². The van der Waals surface area contributed by atoms with Crippen molar-refractivity contribution in [3.8, 4) is 5.75 Å². The molecular weight excluding hydrogens is 256 g/mol. The van der Waals surface area contributed by atoms with Crippen LogP contribution in [0.4, 0.5) is 18.9 Å². The first-order valence-electron chi connectivity index (χ1n) is 3.55. The van der Waals surface area contributed by atoms with E-state index in [0.29, 0.717) is 0 Å². The predicted molar refractivity (Wildman–Crippen MR) is 51.0 cm³/mol. The number of anilines is 1. The summed E-state index contributed by atoms with van der Waals surface area (Å²) in [4.78, 5) is 0. The average Bonchev–Trinajstić information content (AvgIpc) is 1.99. The molecule has 0 radical (unpaired) electrons. The Morgan fingerprint density at radius 3 is 2.00 bits per heavy atom. The Morgan fingerprint density at radius 1 is 1.20 bits per heavy atom. The molecule has 8 heteroatoms. The molecule has 0 aliphatic heterocycles. The molecule has 1 rings (SSSR count). The van der Waals surface area contributed by atoms with Crippen LogP contribution < -0.4 is 16.0 Å². The van der Waals surface area contributed by atoms with Crippen LogP contribution in [0.25, 0.3) is 0 Å². The molecule has 0 spiro atoms. The highest BCUT2D eigenvalue weighted by Gasteiger charge is 2.31. The molecular formula is C7H5Cl2F3N2O. The summed E-state index contributed by atoms with van der Waals surface area (Å²) in [7, 11) is 0. The number of hydrogen-bond acceptors (Lipinski definition) is 3. The second-order valence-electron chi connectivity index (χ2n) is 2.45. The monoisotopic (exact) mass is 260 g/mol. The van der Waals surface area contributed by atoms with Gasteiger partial charge in [-0.25, -0.2) is 0 Å². The lowest BCUT2D eigenvalue weighted by Crippen LogP contribution is -2.17. The maximum atomic E-state index is 11.8. The van der Waals surface area contributed by atoms with Gasteiger partial charge in [-0.1, -0.05) is 23.2 Å². The fourth-order valence-corrected chi connectivity index (χ4v) is 1.46. The Balaban J connectivity index is 3.04. The van der Waals surface area contributed by atoms with E-state index < -0.39 is 12.1 Å². The summed E-state index contributed by atoms with van der Waals surface area (Å²) >= 11 is 11.2. The summed E-state index contributed by atoms with van der Waals surface area (Å²) in [5.41, 5.74) is 2.29. The van der Waals surface area contributed by atoms with Gasteiger partial charge in [0, 0.05) is 12.1 Å². The zero-order valence-electron chi connectivity index (χ0n) is 7.03. The molecule has 3 N–H and O–H groups in total. The van der Waals surface area contributed by atoms with Crippen molar-refractivity contribution in [3.63, 3.8) is 0 Å². The lowest BCUT2D eigenvalue weighted by Gasteiger charge is -2.11. The Labute approximate surface area is 92.9 Å². The summed E-state index contributed by atoms with van der Waals surface area (Å²) in [6, 6.07) is 1.91. The van der Waals surface area contributed by atoms with E-state index in [4.69, 9.17) is 29.0 Å². The summed E-state index contributed by atoms with van der Waals surface area (Å²) < 4.78 is 39.1. The highest BCUT2D eigenvalue weighted by Crippen LogP contribution is 2.35. The van der Waals surface area contributed by atoms with Crippen LogP contribution in [0.15, 0.2) is 12.1 Å². The summed E-state index contributed by atoms with van der Waals surface area (Å²) in [6.07, 6.45) is -4.79. The quantitative estimate of drug-likeness (QED) is 0.634. The van der Waals surface area contributed by atoms with Crippen LogP contribution >= 0.6 is 23.2 Å². The van der Waals surface area contributed by atoms with Crippen molar-refractivity contribution < 1.29 is 17.9 Å². The SMILES string of the molecule is NNc1c(Cl)cc(OC(F)(F)F)cc1Cl. The molecule has 0 heterocycles. The Kier molecular flexibility index (Phi) is 3.54. The lowest BCUT2D eigenvalue weighted by molar-refractivity contribution is -0.274. The number of ether oxygens (including phenoxy) is 1. The third kappa shape index (κ3) is 3.33. The van der Waals surface area contributed by atoms with E-state index in [0.717, 1.165) is 12.1 Å². The van der Waals surface area contributed by atoms with Gasteiger partial charge in [0.25, 0.3) is 0 Å². The van der Waals surface area contributed by atoms with Crippen LogP contribution in [0, 0.1) is 0 Å². The number of nitrogen functional groups attached to an aromatic ring is 1. The molecule has 1 aromatic carbocycles. The van der Waals surface area contributed by atoms with E-state index >= 15 is 0 Å². The van der Waals surface area contributed by atoms with Crippen molar-refractivity contribution >= 4 is 28.9 Å². The molecule has 0 aromatic heterocycles. The molecule has 0 fully saturated rings. The van der Waals surface area contributed by atoms with Gasteiger partial charge in [0.1, 0.15) is 5.75 Å². The second kappa shape index (κ2) is 4.34. The standard InChI is InChI=1S/C7H5Cl2F3N2O/c8-4-1-3(15-7(10,11)12)2-5(9)6(4)14-13/h1-2,14H,13H2. The van der Waals surface area contributed by atoms with Gasteiger partial charge in [-0.2, -0.15) is 0 Å². The van der Waals surface area contributed by atoms with E-state index in [1.807, 2.05) is 0 Å². The highest BCUT2D eigenvalue weighted by molar-refractivity contribution is 6.39. The molecule has 0 bridgehead atoms. The van der Waals surface area contributed by atoms with Crippen molar-refractivity contribution in [2.75, 3.05) is 5.43 Å². The maximum absolute atomic E-state index is 11.8. The van der Waals surface area contributed by atoms with E-state index in [9.17, 15) is 13.2 Å². The number of nitrogens with one attached hydrogen (secondary N) is 1. The van der Waals surface area contributed by atoms with Crippen molar-refractivity contribution in [2.45, 2.75) is 6.36 Å². The number of rotatable bonds is 2. The van der Waals surface area contributed by atoms with Crippen molar-refractivity contribution in [3.05, 3.63) is 22.2 Å². The Bertz CT molecular complexity index is 347. The van der Waals surface area contributed by atoms with Gasteiger partial charge in [0.2, 0.25) is 0 Å². The van der Waals surface area contributed by atoms with E-state index in [1.165, 1.54) is 0 Å². The van der Waals surface area contributed by atoms with Gasteiger partial charge in [-0.05, 0) is 0 Å². The van der Waals surface area contributed by atoms with Crippen molar-refractivity contribution in [2.24, 2.45) is 5.84 Å². The lowest BCUT2D eigenvalue weighted by atomic mass is 10.3. The Hall–Kier alpha value is -0.850. The summed E-state index contributed by atoms with van der Waals surface area (Å²) in [6.45, 7) is 0. The molecule has 0 saturated heterocycles.